The van der Waals surface area contributed by atoms with Crippen LogP contribution in [0, 0.1) is 0 Å². The number of amides is 1. The van der Waals surface area contributed by atoms with Gasteiger partial charge in [0.15, 0.2) is 6.29 Å². The molecule has 1 amide bonds. The Kier molecular flexibility index (Phi) is 8.71. The lowest BCUT2D eigenvalue weighted by Crippen LogP contribution is -2.27. The molecule has 0 aliphatic heterocycles. The van der Waals surface area contributed by atoms with Crippen LogP contribution >= 0.6 is 0 Å². The van der Waals surface area contributed by atoms with Crippen LogP contribution in [0.15, 0.2) is 30.3 Å². The standard InChI is InChI=1S/C17H27NO3/c1-4-20-17(21-5-2)13-9-12-16(19)18-14(3)15-10-7-6-8-11-15/h6-8,10-11,14,17H,4-5,9,12-13H2,1-3H3,(H,18,19)/t14-/m1/s1. The molecule has 4 nitrogen and oxygen atoms in total. The van der Waals surface area contributed by atoms with Crippen molar-refractivity contribution in [2.75, 3.05) is 13.2 Å². The molecule has 0 aliphatic carbocycles. The minimum absolute atomic E-state index is 0.0354. The Balaban J connectivity index is 2.27. The Morgan fingerprint density at radius 3 is 2.33 bits per heavy atom. The molecule has 118 valence electrons. The molecule has 1 aromatic rings. The third-order valence-corrected chi connectivity index (χ3v) is 3.23. The molecule has 4 heteroatoms. The lowest BCUT2D eigenvalue weighted by molar-refractivity contribution is -0.141. The van der Waals surface area contributed by atoms with Crippen LogP contribution in [0.3, 0.4) is 0 Å². The molecular formula is C17H27NO3. The highest BCUT2D eigenvalue weighted by Gasteiger charge is 2.11. The molecule has 0 spiro atoms. The number of rotatable bonds is 10. The van der Waals surface area contributed by atoms with E-state index in [-0.39, 0.29) is 18.2 Å². The molecular weight excluding hydrogens is 266 g/mol. The van der Waals surface area contributed by atoms with Gasteiger partial charge >= 0.3 is 0 Å². The van der Waals surface area contributed by atoms with E-state index in [2.05, 4.69) is 5.32 Å². The van der Waals surface area contributed by atoms with Crippen LogP contribution in [-0.4, -0.2) is 25.4 Å². The molecule has 0 saturated heterocycles. The SMILES string of the molecule is CCOC(CCCC(=O)N[C@H](C)c1ccccc1)OCC. The number of hydrogen-bond donors (Lipinski definition) is 1. The first-order valence-corrected chi connectivity index (χ1v) is 7.74. The van der Waals surface area contributed by atoms with Gasteiger partial charge in [-0.1, -0.05) is 30.3 Å². The molecule has 0 bridgehead atoms. The van der Waals surface area contributed by atoms with Gasteiger partial charge in [-0.15, -0.1) is 0 Å². The molecule has 0 fully saturated rings. The minimum atomic E-state index is -0.195. The van der Waals surface area contributed by atoms with Gasteiger partial charge in [0.2, 0.25) is 5.91 Å². The van der Waals surface area contributed by atoms with E-state index in [1.54, 1.807) is 0 Å². The van der Waals surface area contributed by atoms with Gasteiger partial charge in [0.25, 0.3) is 0 Å². The highest BCUT2D eigenvalue weighted by atomic mass is 16.7. The van der Waals surface area contributed by atoms with Gasteiger partial charge in [-0.3, -0.25) is 4.79 Å². The monoisotopic (exact) mass is 293 g/mol. The first kappa shape index (κ1) is 17.7. The molecule has 0 radical (unpaired) electrons. The first-order valence-electron chi connectivity index (χ1n) is 7.74. The highest BCUT2D eigenvalue weighted by molar-refractivity contribution is 5.76. The molecule has 1 rings (SSSR count). The van der Waals surface area contributed by atoms with E-state index in [0.29, 0.717) is 19.6 Å². The quantitative estimate of drug-likeness (QED) is 0.672. The van der Waals surface area contributed by atoms with E-state index in [0.717, 1.165) is 18.4 Å². The van der Waals surface area contributed by atoms with Crippen molar-refractivity contribution in [1.82, 2.24) is 5.32 Å². The van der Waals surface area contributed by atoms with Crippen molar-refractivity contribution < 1.29 is 14.3 Å². The van der Waals surface area contributed by atoms with E-state index in [1.165, 1.54) is 0 Å². The van der Waals surface area contributed by atoms with Crippen molar-refractivity contribution in [3.05, 3.63) is 35.9 Å². The molecule has 0 unspecified atom stereocenters. The molecule has 1 aromatic carbocycles. The molecule has 1 N–H and O–H groups in total. The fourth-order valence-electron chi connectivity index (χ4n) is 2.15. The number of carbonyl (C=O) groups excluding carboxylic acids is 1. The van der Waals surface area contributed by atoms with Gasteiger partial charge in [0.05, 0.1) is 6.04 Å². The number of benzene rings is 1. The molecule has 1 atom stereocenters. The summed E-state index contributed by atoms with van der Waals surface area (Å²) in [5.41, 5.74) is 1.12. The third kappa shape index (κ3) is 7.25. The summed E-state index contributed by atoms with van der Waals surface area (Å²) in [6, 6.07) is 10.0. The minimum Gasteiger partial charge on any atom is -0.353 e. The second-order valence-corrected chi connectivity index (χ2v) is 4.93. The Labute approximate surface area is 127 Å². The molecule has 21 heavy (non-hydrogen) atoms. The van der Waals surface area contributed by atoms with E-state index in [1.807, 2.05) is 51.1 Å². The average Bonchev–Trinajstić information content (AvgIpc) is 2.48. The summed E-state index contributed by atoms with van der Waals surface area (Å²) in [5, 5.41) is 3.01. The van der Waals surface area contributed by atoms with E-state index in [4.69, 9.17) is 9.47 Å². The van der Waals surface area contributed by atoms with Crippen molar-refractivity contribution in [1.29, 1.82) is 0 Å². The van der Waals surface area contributed by atoms with Crippen LogP contribution in [0.2, 0.25) is 0 Å². The zero-order valence-electron chi connectivity index (χ0n) is 13.3. The second kappa shape index (κ2) is 10.4. The maximum absolute atomic E-state index is 11.9. The van der Waals surface area contributed by atoms with Crippen LogP contribution in [0.5, 0.6) is 0 Å². The topological polar surface area (TPSA) is 47.6 Å². The smallest absolute Gasteiger partial charge is 0.220 e. The first-order chi connectivity index (χ1) is 10.2. The molecule has 0 aromatic heterocycles. The zero-order valence-corrected chi connectivity index (χ0v) is 13.3. The van der Waals surface area contributed by atoms with Crippen molar-refractivity contribution in [3.8, 4) is 0 Å². The Morgan fingerprint density at radius 2 is 1.76 bits per heavy atom. The average molecular weight is 293 g/mol. The summed E-state index contributed by atoms with van der Waals surface area (Å²) < 4.78 is 10.9. The van der Waals surface area contributed by atoms with Gasteiger partial charge in [-0.2, -0.15) is 0 Å². The largest absolute Gasteiger partial charge is 0.353 e. The van der Waals surface area contributed by atoms with E-state index in [9.17, 15) is 4.79 Å². The van der Waals surface area contributed by atoms with Gasteiger partial charge in [0.1, 0.15) is 0 Å². The summed E-state index contributed by atoms with van der Waals surface area (Å²) in [6.45, 7) is 7.14. The van der Waals surface area contributed by atoms with Crippen LogP contribution in [0.1, 0.15) is 51.6 Å². The van der Waals surface area contributed by atoms with Gasteiger partial charge in [-0.25, -0.2) is 0 Å². The third-order valence-electron chi connectivity index (χ3n) is 3.23. The van der Waals surface area contributed by atoms with Gasteiger partial charge in [0, 0.05) is 19.6 Å². The number of carbonyl (C=O) groups is 1. The van der Waals surface area contributed by atoms with E-state index < -0.39 is 0 Å². The predicted molar refractivity (Wildman–Crippen MR) is 83.9 cm³/mol. The lowest BCUT2D eigenvalue weighted by Gasteiger charge is -2.17. The van der Waals surface area contributed by atoms with Gasteiger partial charge in [-0.05, 0) is 39.2 Å². The van der Waals surface area contributed by atoms with Crippen molar-refractivity contribution in [3.63, 3.8) is 0 Å². The predicted octanol–water partition coefficient (Wildman–Crippen LogP) is 3.43. The normalized spacial score (nSPS) is 12.4. The zero-order chi connectivity index (χ0) is 15.5. The Hall–Kier alpha value is -1.39. The fraction of sp³-hybridized carbons (Fsp3) is 0.588. The van der Waals surface area contributed by atoms with Crippen LogP contribution in [-0.2, 0) is 14.3 Å². The Morgan fingerprint density at radius 1 is 1.14 bits per heavy atom. The number of hydrogen-bond acceptors (Lipinski definition) is 3. The number of nitrogens with one attached hydrogen (secondary N) is 1. The molecule has 0 heterocycles. The summed E-state index contributed by atoms with van der Waals surface area (Å²) in [6.07, 6.45) is 1.81. The summed E-state index contributed by atoms with van der Waals surface area (Å²) in [4.78, 5) is 11.9. The highest BCUT2D eigenvalue weighted by Crippen LogP contribution is 2.12. The lowest BCUT2D eigenvalue weighted by atomic mass is 10.1. The summed E-state index contributed by atoms with van der Waals surface area (Å²) >= 11 is 0. The van der Waals surface area contributed by atoms with Crippen LogP contribution in [0.4, 0.5) is 0 Å². The van der Waals surface area contributed by atoms with Crippen molar-refractivity contribution >= 4 is 5.91 Å². The molecule has 0 saturated carbocycles. The van der Waals surface area contributed by atoms with Crippen LogP contribution < -0.4 is 5.32 Å². The summed E-state index contributed by atoms with van der Waals surface area (Å²) in [7, 11) is 0. The van der Waals surface area contributed by atoms with E-state index >= 15 is 0 Å². The fourth-order valence-corrected chi connectivity index (χ4v) is 2.15. The summed E-state index contributed by atoms with van der Waals surface area (Å²) in [5.74, 6) is 0.0677. The van der Waals surface area contributed by atoms with Gasteiger partial charge < -0.3 is 14.8 Å². The second-order valence-electron chi connectivity index (χ2n) is 4.93. The van der Waals surface area contributed by atoms with Crippen molar-refractivity contribution in [2.45, 2.75) is 52.4 Å². The van der Waals surface area contributed by atoms with Crippen LogP contribution in [0.25, 0.3) is 0 Å². The maximum atomic E-state index is 11.9. The number of ether oxygens (including phenoxy) is 2. The van der Waals surface area contributed by atoms with Crippen molar-refractivity contribution in [2.24, 2.45) is 0 Å². The molecule has 0 aliphatic rings. The maximum Gasteiger partial charge on any atom is 0.220 e. The Bertz CT molecular complexity index is 388.